The number of anilines is 1. The van der Waals surface area contributed by atoms with E-state index in [2.05, 4.69) is 9.88 Å². The molecule has 7 heteroatoms. The van der Waals surface area contributed by atoms with Crippen LogP contribution in [-0.4, -0.2) is 58.3 Å². The molecule has 7 nitrogen and oxygen atoms in total. The minimum absolute atomic E-state index is 0.000939. The summed E-state index contributed by atoms with van der Waals surface area (Å²) in [5.41, 5.74) is -0.000939. The predicted octanol–water partition coefficient (Wildman–Crippen LogP) is 0.175. The van der Waals surface area contributed by atoms with Crippen LogP contribution in [0.1, 0.15) is 25.3 Å². The summed E-state index contributed by atoms with van der Waals surface area (Å²) < 4.78 is 1.79. The van der Waals surface area contributed by atoms with Crippen LogP contribution >= 0.6 is 0 Å². The van der Waals surface area contributed by atoms with E-state index >= 15 is 0 Å². The zero-order valence-corrected chi connectivity index (χ0v) is 11.9. The molecule has 0 bridgehead atoms. The van der Waals surface area contributed by atoms with Gasteiger partial charge in [-0.2, -0.15) is 0 Å². The van der Waals surface area contributed by atoms with Gasteiger partial charge in [-0.3, -0.25) is 14.5 Å². The molecule has 2 aliphatic rings. The third-order valence-electron chi connectivity index (χ3n) is 4.10. The van der Waals surface area contributed by atoms with Crippen LogP contribution in [0.5, 0.6) is 0 Å². The zero-order valence-electron chi connectivity index (χ0n) is 11.9. The second-order valence-electron chi connectivity index (χ2n) is 5.67. The van der Waals surface area contributed by atoms with Crippen molar-refractivity contribution in [1.82, 2.24) is 14.5 Å². The van der Waals surface area contributed by atoms with Crippen LogP contribution in [0.4, 0.5) is 5.82 Å². The molecule has 1 aromatic rings. The number of rotatable bonds is 5. The van der Waals surface area contributed by atoms with Gasteiger partial charge in [-0.15, -0.1) is 0 Å². The Kier molecular flexibility index (Phi) is 3.92. The van der Waals surface area contributed by atoms with Crippen LogP contribution < -0.4 is 10.5 Å². The lowest BCUT2D eigenvalue weighted by atomic mass is 10.3. The summed E-state index contributed by atoms with van der Waals surface area (Å²) in [5.74, 6) is -0.239. The molecule has 0 amide bonds. The Morgan fingerprint density at radius 3 is 2.62 bits per heavy atom. The third-order valence-corrected chi connectivity index (χ3v) is 4.10. The van der Waals surface area contributed by atoms with E-state index in [-0.39, 0.29) is 12.0 Å². The fourth-order valence-electron chi connectivity index (χ4n) is 2.71. The molecular formula is C14H20N4O3. The number of nitrogens with zero attached hydrogens (tertiary/aromatic N) is 4. The van der Waals surface area contributed by atoms with Crippen molar-refractivity contribution >= 4 is 11.8 Å². The monoisotopic (exact) mass is 292 g/mol. The second kappa shape index (κ2) is 5.85. The molecule has 0 radical (unpaired) electrons. The molecule has 2 fully saturated rings. The molecule has 0 atom stereocenters. The SMILES string of the molecule is O=C(O)CCN1CCN(c2nccn(C3CC3)c2=O)CC1. The van der Waals surface area contributed by atoms with Gasteiger partial charge in [0.2, 0.25) is 0 Å². The van der Waals surface area contributed by atoms with Crippen molar-refractivity contribution in [2.24, 2.45) is 0 Å². The fraction of sp³-hybridized carbons (Fsp3) is 0.643. The molecule has 21 heavy (non-hydrogen) atoms. The Bertz CT molecular complexity index is 574. The van der Waals surface area contributed by atoms with E-state index in [9.17, 15) is 9.59 Å². The van der Waals surface area contributed by atoms with Crippen molar-refractivity contribution in [3.05, 3.63) is 22.7 Å². The minimum atomic E-state index is -0.769. The van der Waals surface area contributed by atoms with Crippen molar-refractivity contribution < 1.29 is 9.90 Å². The predicted molar refractivity (Wildman–Crippen MR) is 77.7 cm³/mol. The number of hydrogen-bond acceptors (Lipinski definition) is 5. The van der Waals surface area contributed by atoms with Gasteiger partial charge in [0.25, 0.3) is 5.56 Å². The minimum Gasteiger partial charge on any atom is -0.481 e. The maximum absolute atomic E-state index is 12.4. The molecule has 114 valence electrons. The molecule has 0 spiro atoms. The van der Waals surface area contributed by atoms with Gasteiger partial charge in [-0.05, 0) is 12.8 Å². The molecule has 1 saturated carbocycles. The lowest BCUT2D eigenvalue weighted by molar-refractivity contribution is -0.137. The van der Waals surface area contributed by atoms with Gasteiger partial charge in [-0.1, -0.05) is 0 Å². The van der Waals surface area contributed by atoms with Crippen molar-refractivity contribution in [3.63, 3.8) is 0 Å². The number of aliphatic carboxylic acids is 1. The Morgan fingerprint density at radius 1 is 1.29 bits per heavy atom. The third kappa shape index (κ3) is 3.24. The van der Waals surface area contributed by atoms with E-state index in [1.54, 1.807) is 17.0 Å². The van der Waals surface area contributed by atoms with Gasteiger partial charge in [0, 0.05) is 51.2 Å². The molecule has 1 aliphatic carbocycles. The van der Waals surface area contributed by atoms with Crippen LogP contribution in [-0.2, 0) is 4.79 Å². The standard InChI is InChI=1S/C14H20N4O3/c19-12(20)3-5-16-7-9-17(10-8-16)13-14(21)18(6-4-15-13)11-1-2-11/h4,6,11H,1-3,5,7-10H2,(H,19,20). The summed E-state index contributed by atoms with van der Waals surface area (Å²) >= 11 is 0. The molecule has 2 heterocycles. The Labute approximate surface area is 122 Å². The second-order valence-corrected chi connectivity index (χ2v) is 5.67. The van der Waals surface area contributed by atoms with E-state index in [1.807, 2.05) is 4.90 Å². The average Bonchev–Trinajstić information content (AvgIpc) is 3.31. The summed E-state index contributed by atoms with van der Waals surface area (Å²) in [4.78, 5) is 31.4. The van der Waals surface area contributed by atoms with Gasteiger partial charge in [0.05, 0.1) is 6.42 Å². The molecule has 1 N–H and O–H groups in total. The largest absolute Gasteiger partial charge is 0.481 e. The van der Waals surface area contributed by atoms with E-state index in [1.165, 1.54) is 0 Å². The highest BCUT2D eigenvalue weighted by Gasteiger charge is 2.27. The lowest BCUT2D eigenvalue weighted by Crippen LogP contribution is -2.49. The first-order valence-corrected chi connectivity index (χ1v) is 7.41. The first kappa shape index (κ1) is 14.1. The van der Waals surface area contributed by atoms with Crippen molar-refractivity contribution in [2.75, 3.05) is 37.6 Å². The fourth-order valence-corrected chi connectivity index (χ4v) is 2.71. The van der Waals surface area contributed by atoms with Crippen molar-refractivity contribution in [3.8, 4) is 0 Å². The van der Waals surface area contributed by atoms with E-state index in [4.69, 9.17) is 5.11 Å². The topological polar surface area (TPSA) is 78.7 Å². The van der Waals surface area contributed by atoms with Gasteiger partial charge in [-0.25, -0.2) is 4.98 Å². The average molecular weight is 292 g/mol. The van der Waals surface area contributed by atoms with E-state index in [0.717, 1.165) is 39.0 Å². The number of hydrogen-bond donors (Lipinski definition) is 1. The summed E-state index contributed by atoms with van der Waals surface area (Å²) in [6.45, 7) is 3.55. The molecule has 0 aromatic carbocycles. The molecule has 1 aliphatic heterocycles. The van der Waals surface area contributed by atoms with Crippen LogP contribution in [0.3, 0.4) is 0 Å². The first-order chi connectivity index (χ1) is 10.1. The maximum Gasteiger partial charge on any atom is 0.304 e. The van der Waals surface area contributed by atoms with Gasteiger partial charge < -0.3 is 14.6 Å². The quantitative estimate of drug-likeness (QED) is 0.834. The molecule has 0 unspecified atom stereocenters. The highest BCUT2D eigenvalue weighted by Crippen LogP contribution is 2.33. The van der Waals surface area contributed by atoms with E-state index < -0.39 is 5.97 Å². The lowest BCUT2D eigenvalue weighted by Gasteiger charge is -2.34. The molecular weight excluding hydrogens is 272 g/mol. The van der Waals surface area contributed by atoms with Gasteiger partial charge in [0.15, 0.2) is 5.82 Å². The van der Waals surface area contributed by atoms with Gasteiger partial charge in [0.1, 0.15) is 0 Å². The Hall–Kier alpha value is -1.89. The molecule has 3 rings (SSSR count). The summed E-state index contributed by atoms with van der Waals surface area (Å²) in [6.07, 6.45) is 5.79. The van der Waals surface area contributed by atoms with Crippen LogP contribution in [0.15, 0.2) is 17.2 Å². The smallest absolute Gasteiger partial charge is 0.304 e. The highest BCUT2D eigenvalue weighted by atomic mass is 16.4. The number of carboxylic acids is 1. The van der Waals surface area contributed by atoms with Crippen LogP contribution in [0.2, 0.25) is 0 Å². The zero-order chi connectivity index (χ0) is 14.8. The normalized spacial score (nSPS) is 19.7. The van der Waals surface area contributed by atoms with Crippen LogP contribution in [0, 0.1) is 0 Å². The number of piperazine rings is 1. The highest BCUT2D eigenvalue weighted by molar-refractivity contribution is 5.66. The van der Waals surface area contributed by atoms with E-state index in [0.29, 0.717) is 18.4 Å². The van der Waals surface area contributed by atoms with Crippen molar-refractivity contribution in [2.45, 2.75) is 25.3 Å². The maximum atomic E-state index is 12.4. The summed E-state index contributed by atoms with van der Waals surface area (Å²) in [5, 5.41) is 8.71. The number of carbonyl (C=O) groups is 1. The number of aromatic nitrogens is 2. The summed E-state index contributed by atoms with van der Waals surface area (Å²) in [6, 6.07) is 0.358. The number of carboxylic acid groups (broad SMARTS) is 1. The first-order valence-electron chi connectivity index (χ1n) is 7.41. The van der Waals surface area contributed by atoms with Gasteiger partial charge >= 0.3 is 5.97 Å². The van der Waals surface area contributed by atoms with Crippen LogP contribution in [0.25, 0.3) is 0 Å². The summed E-state index contributed by atoms with van der Waals surface area (Å²) in [7, 11) is 0. The Balaban J connectivity index is 1.63. The van der Waals surface area contributed by atoms with Crippen molar-refractivity contribution in [1.29, 1.82) is 0 Å². The molecule has 1 aromatic heterocycles. The Morgan fingerprint density at radius 2 is 2.00 bits per heavy atom. The molecule has 1 saturated heterocycles.